The molecule has 0 bridgehead atoms. The average Bonchev–Trinajstić information content (AvgIpc) is 3.11. The summed E-state index contributed by atoms with van der Waals surface area (Å²) in [6, 6.07) is 15.9. The molecule has 0 aliphatic heterocycles. The van der Waals surface area contributed by atoms with E-state index in [9.17, 15) is 4.79 Å². The molecule has 0 saturated carbocycles. The van der Waals surface area contributed by atoms with Gasteiger partial charge in [-0.1, -0.05) is 62.9 Å². The zero-order valence-electron chi connectivity index (χ0n) is 18.9. The number of H-pyrrole nitrogens is 1. The van der Waals surface area contributed by atoms with Crippen LogP contribution < -0.4 is 10.5 Å². The van der Waals surface area contributed by atoms with E-state index in [0.717, 1.165) is 16.6 Å². The number of fused-ring (bicyclic) bond motifs is 4. The van der Waals surface area contributed by atoms with E-state index in [1.807, 2.05) is 43.3 Å². The van der Waals surface area contributed by atoms with Crippen LogP contribution in [0.5, 0.6) is 0 Å². The van der Waals surface area contributed by atoms with Crippen molar-refractivity contribution in [3.63, 3.8) is 0 Å². The van der Waals surface area contributed by atoms with E-state index < -0.39 is 0 Å². The Labute approximate surface area is 190 Å². The molecule has 164 valence electrons. The van der Waals surface area contributed by atoms with E-state index in [1.165, 1.54) is 5.56 Å². The van der Waals surface area contributed by atoms with Gasteiger partial charge in [0.1, 0.15) is 5.52 Å². The summed E-state index contributed by atoms with van der Waals surface area (Å²) >= 11 is 0. The van der Waals surface area contributed by atoms with Crippen LogP contribution in [-0.4, -0.2) is 25.4 Å². The summed E-state index contributed by atoms with van der Waals surface area (Å²) in [5.74, 6) is 1.17. The maximum atomic E-state index is 13.4. The highest BCUT2D eigenvalue weighted by Crippen LogP contribution is 2.24. The molecule has 2 aromatic carbocycles. The quantitative estimate of drug-likeness (QED) is 0.305. The van der Waals surface area contributed by atoms with Crippen LogP contribution in [0.25, 0.3) is 33.2 Å². The van der Waals surface area contributed by atoms with Crippen molar-refractivity contribution in [3.05, 3.63) is 88.5 Å². The van der Waals surface area contributed by atoms with Crippen LogP contribution in [0.4, 0.5) is 0 Å². The van der Waals surface area contributed by atoms with Crippen LogP contribution in [0.15, 0.2) is 71.1 Å². The van der Waals surface area contributed by atoms with Gasteiger partial charge in [0.05, 0.1) is 23.8 Å². The Bertz CT molecular complexity index is 1610. The monoisotopic (exact) mass is 437 g/mol. The first-order valence-electron chi connectivity index (χ1n) is 11.0. The van der Waals surface area contributed by atoms with Crippen LogP contribution in [-0.2, 0) is 6.54 Å². The molecular weight excluding hydrogens is 412 g/mol. The van der Waals surface area contributed by atoms with Gasteiger partial charge in [0.25, 0.3) is 5.65 Å². The molecule has 0 radical (unpaired) electrons. The minimum atomic E-state index is -0.147. The minimum Gasteiger partial charge on any atom is -0.250 e. The van der Waals surface area contributed by atoms with E-state index in [-0.39, 0.29) is 5.56 Å². The molecule has 0 atom stereocenters. The highest BCUT2D eigenvalue weighted by atomic mass is 16.1. The topological polar surface area (TPSA) is 79.2 Å². The first-order valence-corrected chi connectivity index (χ1v) is 11.0. The Morgan fingerprint density at radius 2 is 1.79 bits per heavy atom. The number of hydrogen-bond acceptors (Lipinski definition) is 4. The lowest BCUT2D eigenvalue weighted by Crippen LogP contribution is -2.30. The van der Waals surface area contributed by atoms with Crippen molar-refractivity contribution in [2.75, 3.05) is 0 Å². The summed E-state index contributed by atoms with van der Waals surface area (Å²) in [6.45, 7) is 10.4. The van der Waals surface area contributed by atoms with Crippen LogP contribution in [0.3, 0.4) is 0 Å². The number of aromatic amines is 1. The molecule has 3 heterocycles. The second kappa shape index (κ2) is 8.09. The molecule has 7 heteroatoms. The largest absolute Gasteiger partial charge is 0.323 e. The van der Waals surface area contributed by atoms with Gasteiger partial charge in [-0.25, -0.2) is 24.3 Å². The van der Waals surface area contributed by atoms with Gasteiger partial charge < -0.3 is 0 Å². The van der Waals surface area contributed by atoms with Crippen molar-refractivity contribution in [1.29, 1.82) is 0 Å². The van der Waals surface area contributed by atoms with Crippen molar-refractivity contribution in [1.82, 2.24) is 19.2 Å². The number of hydrogen-bond donors (Lipinski definition) is 0. The first-order chi connectivity index (χ1) is 16.0. The van der Waals surface area contributed by atoms with E-state index >= 15 is 0 Å². The SMILES string of the molecule is C=CCn1c(C)[nH+]c2c(c1=O)c1nc3ccccc3nc1n2/N=C/c1ccc(C(C)C)cc1. The maximum absolute atomic E-state index is 13.4. The molecule has 0 fully saturated rings. The van der Waals surface area contributed by atoms with Crippen molar-refractivity contribution >= 4 is 39.4 Å². The van der Waals surface area contributed by atoms with Gasteiger partial charge in [-0.2, -0.15) is 0 Å². The molecule has 0 aliphatic rings. The molecule has 33 heavy (non-hydrogen) atoms. The summed E-state index contributed by atoms with van der Waals surface area (Å²) in [5, 5.41) is 5.18. The lowest BCUT2D eigenvalue weighted by atomic mass is 10.0. The van der Waals surface area contributed by atoms with E-state index in [4.69, 9.17) is 15.1 Å². The minimum absolute atomic E-state index is 0.147. The van der Waals surface area contributed by atoms with Gasteiger partial charge in [0.2, 0.25) is 11.5 Å². The number of nitrogens with zero attached hydrogens (tertiary/aromatic N) is 5. The Kier molecular flexibility index (Phi) is 5.09. The number of allylic oxidation sites excluding steroid dienone is 1. The fourth-order valence-electron chi connectivity index (χ4n) is 4.03. The Morgan fingerprint density at radius 3 is 2.45 bits per heavy atom. The summed E-state index contributed by atoms with van der Waals surface area (Å²) < 4.78 is 3.32. The predicted molar refractivity (Wildman–Crippen MR) is 132 cm³/mol. The van der Waals surface area contributed by atoms with Gasteiger partial charge in [-0.15, -0.1) is 9.78 Å². The first kappa shape index (κ1) is 20.8. The van der Waals surface area contributed by atoms with Crippen LogP contribution in [0.2, 0.25) is 0 Å². The number of para-hydroxylation sites is 2. The fraction of sp³-hybridized carbons (Fsp3) is 0.192. The number of aryl methyl sites for hydroxylation is 1. The lowest BCUT2D eigenvalue weighted by molar-refractivity contribution is -0.368. The van der Waals surface area contributed by atoms with E-state index in [2.05, 4.69) is 37.5 Å². The Balaban J connectivity index is 1.79. The second-order valence-electron chi connectivity index (χ2n) is 8.40. The van der Waals surface area contributed by atoms with Gasteiger partial charge >= 0.3 is 5.56 Å². The van der Waals surface area contributed by atoms with Gasteiger partial charge in [-0.05, 0) is 29.2 Å². The number of nitrogens with one attached hydrogen (secondary N) is 1. The molecule has 7 nitrogen and oxygen atoms in total. The van der Waals surface area contributed by atoms with Crippen molar-refractivity contribution in [2.45, 2.75) is 33.2 Å². The molecule has 5 aromatic rings. The molecule has 0 saturated heterocycles. The standard InChI is InChI=1S/C26H24N6O/c1-5-14-31-17(4)28-24-22(26(31)33)23-25(30-21-9-7-6-8-20(21)29-23)32(24)27-15-18-10-12-19(13-11-18)16(2)3/h5-13,15-16H,1,14H2,2-4H3/p+1/b27-15+. The number of aromatic nitrogens is 5. The van der Waals surface area contributed by atoms with Gasteiger partial charge in [0.15, 0.2) is 5.39 Å². The second-order valence-corrected chi connectivity index (χ2v) is 8.40. The van der Waals surface area contributed by atoms with Crippen LogP contribution in [0.1, 0.15) is 36.7 Å². The molecule has 0 spiro atoms. The molecule has 5 rings (SSSR count). The highest BCUT2D eigenvalue weighted by molar-refractivity contribution is 6.03. The summed E-state index contributed by atoms with van der Waals surface area (Å²) in [4.78, 5) is 26.4. The molecule has 3 aromatic heterocycles. The Hall–Kier alpha value is -4.13. The van der Waals surface area contributed by atoms with Gasteiger partial charge in [-0.3, -0.25) is 0 Å². The van der Waals surface area contributed by atoms with E-state index in [0.29, 0.717) is 40.5 Å². The zero-order chi connectivity index (χ0) is 23.1. The number of benzene rings is 2. The smallest absolute Gasteiger partial charge is 0.250 e. The lowest BCUT2D eigenvalue weighted by Gasteiger charge is -2.04. The molecule has 1 N–H and O–H groups in total. The third kappa shape index (κ3) is 3.51. The number of rotatable bonds is 5. The maximum Gasteiger partial charge on any atom is 0.323 e. The van der Waals surface area contributed by atoms with Crippen molar-refractivity contribution < 1.29 is 4.98 Å². The molecule has 0 unspecified atom stereocenters. The Morgan fingerprint density at radius 1 is 1.09 bits per heavy atom. The predicted octanol–water partition coefficient (Wildman–Crippen LogP) is 4.21. The zero-order valence-corrected chi connectivity index (χ0v) is 18.9. The third-order valence-corrected chi connectivity index (χ3v) is 5.84. The summed E-state index contributed by atoms with van der Waals surface area (Å²) in [6.07, 6.45) is 3.48. The summed E-state index contributed by atoms with van der Waals surface area (Å²) in [5.41, 5.74) is 5.18. The highest BCUT2D eigenvalue weighted by Gasteiger charge is 2.25. The normalized spacial score (nSPS) is 12.0. The van der Waals surface area contributed by atoms with Gasteiger partial charge in [0, 0.05) is 6.92 Å². The molecule has 0 amide bonds. The van der Waals surface area contributed by atoms with Crippen molar-refractivity contribution in [2.24, 2.45) is 5.10 Å². The average molecular weight is 438 g/mol. The summed E-state index contributed by atoms with van der Waals surface area (Å²) in [7, 11) is 0. The molecule has 0 aliphatic carbocycles. The molecular formula is C26H25N6O+. The van der Waals surface area contributed by atoms with Crippen molar-refractivity contribution in [3.8, 4) is 0 Å². The fourth-order valence-corrected chi connectivity index (χ4v) is 4.03. The van der Waals surface area contributed by atoms with E-state index in [1.54, 1.807) is 21.5 Å². The third-order valence-electron chi connectivity index (χ3n) is 5.84. The van der Waals surface area contributed by atoms with Crippen LogP contribution >= 0.6 is 0 Å². The van der Waals surface area contributed by atoms with Crippen LogP contribution in [0, 0.1) is 6.92 Å².